The molecule has 0 aliphatic carbocycles. The number of rotatable bonds is 6. The molecule has 0 saturated carbocycles. The molecule has 1 aliphatic heterocycles. The summed E-state index contributed by atoms with van der Waals surface area (Å²) < 4.78 is 0. The molecule has 6 heteroatoms. The second-order valence-electron chi connectivity index (χ2n) is 6.54. The predicted molar refractivity (Wildman–Crippen MR) is 121 cm³/mol. The van der Waals surface area contributed by atoms with E-state index in [1.807, 2.05) is 79.6 Å². The van der Waals surface area contributed by atoms with Gasteiger partial charge in [0.1, 0.15) is 6.34 Å². The van der Waals surface area contributed by atoms with Gasteiger partial charge in [-0.2, -0.15) is 5.10 Å². The van der Waals surface area contributed by atoms with Crippen molar-refractivity contribution < 1.29 is 0 Å². The van der Waals surface area contributed by atoms with Crippen molar-refractivity contribution in [1.82, 2.24) is 10.5 Å². The Morgan fingerprint density at radius 3 is 2.04 bits per heavy atom. The Kier molecular flexibility index (Phi) is 6.90. The second-order valence-corrected chi connectivity index (χ2v) is 7.35. The monoisotopic (exact) mass is 412 g/mol. The minimum Gasteiger partial charge on any atom is -0.272 e. The molecule has 144 valence electrons. The molecule has 0 fully saturated rings. The van der Waals surface area contributed by atoms with Crippen LogP contribution in [0.15, 0.2) is 58.6 Å². The number of allylic oxidation sites excluding steroid dienone is 2. The van der Waals surface area contributed by atoms with E-state index in [1.165, 1.54) is 0 Å². The molecule has 0 aromatic heterocycles. The smallest absolute Gasteiger partial charge is 0.105 e. The van der Waals surface area contributed by atoms with Crippen LogP contribution in [0.2, 0.25) is 10.0 Å². The van der Waals surface area contributed by atoms with Gasteiger partial charge in [0.25, 0.3) is 0 Å². The van der Waals surface area contributed by atoms with Crippen LogP contribution >= 0.6 is 23.2 Å². The van der Waals surface area contributed by atoms with Crippen molar-refractivity contribution in [1.29, 1.82) is 0 Å². The zero-order chi connectivity index (χ0) is 19.9. The molecule has 3 rings (SSSR count). The summed E-state index contributed by atoms with van der Waals surface area (Å²) in [4.78, 5) is 4.17. The van der Waals surface area contributed by atoms with Crippen LogP contribution < -0.4 is 5.53 Å². The van der Waals surface area contributed by atoms with Crippen LogP contribution in [0, 0.1) is 13.8 Å². The van der Waals surface area contributed by atoms with E-state index in [-0.39, 0.29) is 0 Å². The van der Waals surface area contributed by atoms with E-state index in [2.05, 4.69) is 15.6 Å². The molecule has 2 aromatic rings. The fraction of sp³-hybridized carbons (Fsp3) is 0.182. The lowest BCUT2D eigenvalue weighted by Gasteiger charge is -2.12. The Hall–Kier alpha value is -2.56. The van der Waals surface area contributed by atoms with Crippen LogP contribution in [0.25, 0.3) is 12.2 Å². The molecule has 0 saturated heterocycles. The third-order valence-electron chi connectivity index (χ3n) is 4.28. The van der Waals surface area contributed by atoms with Gasteiger partial charge in [-0.05, 0) is 60.4 Å². The van der Waals surface area contributed by atoms with Crippen LogP contribution in [0.4, 0.5) is 0 Å². The number of hydrogen-bond donors (Lipinski definition) is 1. The van der Waals surface area contributed by atoms with E-state index in [1.54, 1.807) is 6.34 Å². The van der Waals surface area contributed by atoms with Crippen LogP contribution in [-0.4, -0.2) is 30.1 Å². The number of aryl methyl sites for hydroxylation is 2. The lowest BCUT2D eigenvalue weighted by atomic mass is 10.1. The molecule has 0 unspecified atom stereocenters. The van der Waals surface area contributed by atoms with Crippen molar-refractivity contribution >= 4 is 47.4 Å². The number of hydrazone groups is 1. The topological polar surface area (TPSA) is 40.0 Å². The highest BCUT2D eigenvalue weighted by Gasteiger charge is 2.03. The van der Waals surface area contributed by atoms with Gasteiger partial charge in [0, 0.05) is 10.0 Å². The first-order chi connectivity index (χ1) is 13.5. The highest BCUT2D eigenvalue weighted by molar-refractivity contribution is 6.31. The molecule has 0 bridgehead atoms. The third-order valence-corrected chi connectivity index (χ3v) is 5.10. The Balaban J connectivity index is 1.80. The summed E-state index contributed by atoms with van der Waals surface area (Å²) in [6, 6.07) is 11.9. The SMILES string of the molecule is Cc1ccc(C=CC(C=Cc2ccc(C)c(Cl)c2)=NNN2C=NCC2)cc1Cl. The van der Waals surface area contributed by atoms with Crippen molar-refractivity contribution in [3.8, 4) is 0 Å². The van der Waals surface area contributed by atoms with Crippen molar-refractivity contribution in [3.05, 3.63) is 80.8 Å². The quantitative estimate of drug-likeness (QED) is 0.499. The molecule has 1 heterocycles. The van der Waals surface area contributed by atoms with Crippen LogP contribution in [0.1, 0.15) is 22.3 Å². The van der Waals surface area contributed by atoms with Gasteiger partial charge in [0.2, 0.25) is 0 Å². The zero-order valence-electron chi connectivity index (χ0n) is 15.9. The number of nitrogens with zero attached hydrogens (tertiary/aromatic N) is 3. The maximum Gasteiger partial charge on any atom is 0.105 e. The van der Waals surface area contributed by atoms with Crippen LogP contribution in [0.5, 0.6) is 0 Å². The third kappa shape index (κ3) is 5.72. The minimum atomic E-state index is 0.747. The molecular weight excluding hydrogens is 391 g/mol. The highest BCUT2D eigenvalue weighted by atomic mass is 35.5. The number of halogens is 2. The van der Waals surface area contributed by atoms with Gasteiger partial charge in [-0.1, -0.05) is 59.6 Å². The fourth-order valence-corrected chi connectivity index (χ4v) is 2.87. The van der Waals surface area contributed by atoms with Crippen molar-refractivity contribution in [2.75, 3.05) is 13.1 Å². The van der Waals surface area contributed by atoms with E-state index < -0.39 is 0 Å². The van der Waals surface area contributed by atoms with Gasteiger partial charge >= 0.3 is 0 Å². The Morgan fingerprint density at radius 1 is 1.00 bits per heavy atom. The Bertz CT molecular complexity index is 898. The Labute approximate surface area is 175 Å². The molecule has 2 aromatic carbocycles. The van der Waals surface area contributed by atoms with Gasteiger partial charge < -0.3 is 0 Å². The highest BCUT2D eigenvalue weighted by Crippen LogP contribution is 2.19. The van der Waals surface area contributed by atoms with Crippen LogP contribution in [0.3, 0.4) is 0 Å². The second kappa shape index (κ2) is 9.58. The first-order valence-electron chi connectivity index (χ1n) is 9.00. The molecule has 0 atom stereocenters. The molecule has 0 spiro atoms. The van der Waals surface area contributed by atoms with Gasteiger partial charge in [0.05, 0.1) is 18.8 Å². The maximum atomic E-state index is 6.22. The summed E-state index contributed by atoms with van der Waals surface area (Å²) in [5.74, 6) is 0. The van der Waals surface area contributed by atoms with Gasteiger partial charge in [0.15, 0.2) is 0 Å². The first kappa shape index (κ1) is 20.2. The van der Waals surface area contributed by atoms with Crippen LogP contribution in [-0.2, 0) is 0 Å². The molecule has 1 aliphatic rings. The Morgan fingerprint density at radius 2 is 1.57 bits per heavy atom. The summed E-state index contributed by atoms with van der Waals surface area (Å²) in [5, 5.41) is 7.81. The number of hydrogen-bond acceptors (Lipinski definition) is 4. The van der Waals surface area contributed by atoms with E-state index in [0.29, 0.717) is 0 Å². The number of nitrogens with one attached hydrogen (secondary N) is 1. The summed E-state index contributed by atoms with van der Waals surface area (Å²) in [6.07, 6.45) is 9.59. The molecular formula is C22H22Cl2N4. The minimum absolute atomic E-state index is 0.747. The van der Waals surface area contributed by atoms with Crippen molar-refractivity contribution in [2.24, 2.45) is 10.1 Å². The molecule has 0 radical (unpaired) electrons. The van der Waals surface area contributed by atoms with E-state index in [4.69, 9.17) is 23.2 Å². The standard InChI is InChI=1S/C22H22Cl2N4/c1-16-3-5-18(13-21(16)23)7-9-20(26-27-28-12-11-25-15-28)10-8-19-6-4-17(2)22(24)14-19/h3-10,13-15,27H,11-12H2,1-2H3. The number of benzene rings is 2. The largest absolute Gasteiger partial charge is 0.272 e. The van der Waals surface area contributed by atoms with E-state index in [0.717, 1.165) is 51.1 Å². The molecule has 0 amide bonds. The average Bonchev–Trinajstić information content (AvgIpc) is 3.20. The van der Waals surface area contributed by atoms with E-state index in [9.17, 15) is 0 Å². The lowest BCUT2D eigenvalue weighted by Crippen LogP contribution is -2.31. The van der Waals surface area contributed by atoms with Crippen molar-refractivity contribution in [3.63, 3.8) is 0 Å². The first-order valence-corrected chi connectivity index (χ1v) is 9.75. The van der Waals surface area contributed by atoms with Gasteiger partial charge in [-0.15, -0.1) is 0 Å². The molecule has 4 nitrogen and oxygen atoms in total. The zero-order valence-corrected chi connectivity index (χ0v) is 17.4. The summed E-state index contributed by atoms with van der Waals surface area (Å²) in [5.41, 5.74) is 7.90. The normalized spacial score (nSPS) is 13.6. The summed E-state index contributed by atoms with van der Waals surface area (Å²) in [7, 11) is 0. The maximum absolute atomic E-state index is 6.22. The predicted octanol–water partition coefficient (Wildman–Crippen LogP) is 5.54. The molecule has 28 heavy (non-hydrogen) atoms. The molecule has 1 N–H and O–H groups in total. The van der Waals surface area contributed by atoms with E-state index >= 15 is 0 Å². The fourth-order valence-electron chi connectivity index (χ4n) is 2.50. The summed E-state index contributed by atoms with van der Waals surface area (Å²) in [6.45, 7) is 5.54. The summed E-state index contributed by atoms with van der Waals surface area (Å²) >= 11 is 12.4. The number of aliphatic imine (C=N–C) groups is 1. The number of hydrazine groups is 1. The average molecular weight is 413 g/mol. The lowest BCUT2D eigenvalue weighted by molar-refractivity contribution is 0.354. The van der Waals surface area contributed by atoms with Gasteiger partial charge in [-0.3, -0.25) is 10.0 Å². The van der Waals surface area contributed by atoms with Crippen molar-refractivity contribution in [2.45, 2.75) is 13.8 Å². The van der Waals surface area contributed by atoms with Gasteiger partial charge in [-0.25, -0.2) is 5.53 Å².